The highest BCUT2D eigenvalue weighted by Crippen LogP contribution is 2.18. The maximum absolute atomic E-state index is 6.30. The summed E-state index contributed by atoms with van der Waals surface area (Å²) < 4.78 is 2.03. The molecule has 1 unspecified atom stereocenters. The van der Waals surface area contributed by atoms with Gasteiger partial charge in [0.1, 0.15) is 0 Å². The second-order valence-corrected chi connectivity index (χ2v) is 6.27. The summed E-state index contributed by atoms with van der Waals surface area (Å²) in [5.41, 5.74) is 2.27. The Labute approximate surface area is 138 Å². The van der Waals surface area contributed by atoms with Crippen LogP contribution in [0.4, 0.5) is 0 Å². The van der Waals surface area contributed by atoms with Gasteiger partial charge in [-0.2, -0.15) is 0 Å². The van der Waals surface area contributed by atoms with Crippen molar-refractivity contribution in [3.05, 3.63) is 54.6 Å². The minimum Gasteiger partial charge on any atom is -0.270 e. The number of nitrogens with zero attached hydrogens (tertiary/aromatic N) is 1. The lowest BCUT2D eigenvalue weighted by atomic mass is 10.0. The van der Waals surface area contributed by atoms with Crippen LogP contribution in [0, 0.1) is 5.92 Å². The van der Waals surface area contributed by atoms with Gasteiger partial charge in [-0.15, -0.1) is 0 Å². The van der Waals surface area contributed by atoms with Crippen molar-refractivity contribution in [3.8, 4) is 0 Å². The summed E-state index contributed by atoms with van der Waals surface area (Å²) in [6.45, 7) is 5.29. The van der Waals surface area contributed by atoms with Gasteiger partial charge in [0.2, 0.25) is 0 Å². The number of rotatable bonds is 7. The van der Waals surface area contributed by atoms with E-state index in [4.69, 9.17) is 4.84 Å². The largest absolute Gasteiger partial charge is 0.270 e. The highest BCUT2D eigenvalue weighted by Gasteiger charge is 2.18. The molecule has 0 aliphatic carbocycles. The predicted molar refractivity (Wildman–Crippen MR) is 96.4 cm³/mol. The molecular weight excluding hydrogens is 282 g/mol. The molecule has 2 nitrogen and oxygen atoms in total. The molecule has 1 aromatic heterocycles. The molecule has 1 heterocycles. The van der Waals surface area contributed by atoms with Gasteiger partial charge >= 0.3 is 0 Å². The number of para-hydroxylation sites is 2. The topological polar surface area (TPSA) is 13.1 Å². The number of hydrogen-bond donors (Lipinski definition) is 0. The van der Waals surface area contributed by atoms with Crippen LogP contribution in [0.3, 0.4) is 0 Å². The number of hydrogen-bond acceptors (Lipinski definition) is 1. The van der Waals surface area contributed by atoms with Crippen LogP contribution in [0.1, 0.15) is 39.5 Å². The summed E-state index contributed by atoms with van der Waals surface area (Å²) in [4.78, 5) is 6.30. The SMILES string of the molecule is CCCCC(CC)CO[n+]1c2ccccc2cc2ccccc21. The van der Waals surface area contributed by atoms with Gasteiger partial charge in [0.25, 0.3) is 11.0 Å². The van der Waals surface area contributed by atoms with Gasteiger partial charge in [-0.25, -0.2) is 0 Å². The number of pyridine rings is 1. The fourth-order valence-corrected chi connectivity index (χ4v) is 3.10. The molecule has 0 aliphatic heterocycles. The first-order chi connectivity index (χ1) is 11.3. The lowest BCUT2D eigenvalue weighted by molar-refractivity contribution is -0.852. The second kappa shape index (κ2) is 7.45. The van der Waals surface area contributed by atoms with Crippen LogP contribution in [0.25, 0.3) is 21.8 Å². The van der Waals surface area contributed by atoms with Crippen LogP contribution >= 0.6 is 0 Å². The molecule has 0 bridgehead atoms. The summed E-state index contributed by atoms with van der Waals surface area (Å²) in [5.74, 6) is 0.625. The fourth-order valence-electron chi connectivity index (χ4n) is 3.10. The molecule has 0 fully saturated rings. The molecule has 23 heavy (non-hydrogen) atoms. The average molecular weight is 308 g/mol. The monoisotopic (exact) mass is 308 g/mol. The van der Waals surface area contributed by atoms with E-state index < -0.39 is 0 Å². The average Bonchev–Trinajstić information content (AvgIpc) is 2.61. The van der Waals surface area contributed by atoms with E-state index in [1.54, 1.807) is 0 Å². The van der Waals surface area contributed by atoms with Crippen molar-refractivity contribution < 1.29 is 9.57 Å². The Balaban J connectivity index is 1.96. The Morgan fingerprint density at radius 1 is 0.913 bits per heavy atom. The first-order valence-corrected chi connectivity index (χ1v) is 8.79. The van der Waals surface area contributed by atoms with Gasteiger partial charge in [-0.1, -0.05) is 51.0 Å². The number of unbranched alkanes of at least 4 members (excludes halogenated alkanes) is 1. The van der Waals surface area contributed by atoms with Crippen LogP contribution in [0.2, 0.25) is 0 Å². The summed E-state index contributed by atoms with van der Waals surface area (Å²) in [5, 5.41) is 2.43. The quantitative estimate of drug-likeness (QED) is 0.446. The van der Waals surface area contributed by atoms with Crippen LogP contribution in [-0.4, -0.2) is 6.61 Å². The minimum absolute atomic E-state index is 0.625. The zero-order valence-electron chi connectivity index (χ0n) is 14.2. The summed E-state index contributed by atoms with van der Waals surface area (Å²) in [6, 6.07) is 19.1. The van der Waals surface area contributed by atoms with Crippen molar-refractivity contribution >= 4 is 21.8 Å². The second-order valence-electron chi connectivity index (χ2n) is 6.27. The molecule has 2 heteroatoms. The van der Waals surface area contributed by atoms with Crippen molar-refractivity contribution in [2.24, 2.45) is 5.92 Å². The maximum atomic E-state index is 6.30. The third-order valence-corrected chi connectivity index (χ3v) is 4.60. The van der Waals surface area contributed by atoms with Crippen LogP contribution in [-0.2, 0) is 0 Å². The third-order valence-electron chi connectivity index (χ3n) is 4.60. The highest BCUT2D eigenvalue weighted by molar-refractivity contribution is 5.88. The first-order valence-electron chi connectivity index (χ1n) is 8.79. The minimum atomic E-state index is 0.625. The molecule has 0 saturated heterocycles. The standard InChI is InChI=1S/C21H26NO/c1-3-5-10-17(4-2)16-23-22-20-13-8-6-11-18(20)15-19-12-7-9-14-21(19)22/h6-9,11-15,17H,3-5,10,16H2,1-2H3/q+1. The molecule has 1 atom stereocenters. The number of fused-ring (bicyclic) bond motifs is 2. The van der Waals surface area contributed by atoms with Gasteiger partial charge in [-0.05, 0) is 37.0 Å². The zero-order chi connectivity index (χ0) is 16.1. The maximum Gasteiger partial charge on any atom is 0.265 e. The van der Waals surface area contributed by atoms with Crippen molar-refractivity contribution in [2.45, 2.75) is 39.5 Å². The van der Waals surface area contributed by atoms with E-state index in [2.05, 4.69) is 68.4 Å². The molecule has 0 saturated carbocycles. The van der Waals surface area contributed by atoms with Gasteiger partial charge in [0.15, 0.2) is 6.61 Å². The van der Waals surface area contributed by atoms with E-state index in [1.807, 2.05) is 4.73 Å². The van der Waals surface area contributed by atoms with Crippen LogP contribution in [0.5, 0.6) is 0 Å². The highest BCUT2D eigenvalue weighted by atomic mass is 16.7. The van der Waals surface area contributed by atoms with Gasteiger partial charge < -0.3 is 0 Å². The van der Waals surface area contributed by atoms with Crippen molar-refractivity contribution in [3.63, 3.8) is 0 Å². The third kappa shape index (κ3) is 3.47. The molecule has 0 aliphatic rings. The Morgan fingerprint density at radius 3 is 2.09 bits per heavy atom. The molecule has 0 radical (unpaired) electrons. The van der Waals surface area contributed by atoms with Gasteiger partial charge in [0.05, 0.1) is 10.8 Å². The Kier molecular flexibility index (Phi) is 5.12. The van der Waals surface area contributed by atoms with Crippen LogP contribution in [0.15, 0.2) is 54.6 Å². The van der Waals surface area contributed by atoms with E-state index in [0.29, 0.717) is 5.92 Å². The summed E-state index contributed by atoms with van der Waals surface area (Å²) >= 11 is 0. The smallest absolute Gasteiger partial charge is 0.265 e. The van der Waals surface area contributed by atoms with E-state index in [9.17, 15) is 0 Å². The first kappa shape index (κ1) is 15.8. The Bertz CT molecular complexity index is 727. The molecule has 120 valence electrons. The molecule has 2 aromatic carbocycles. The normalized spacial score (nSPS) is 12.6. The summed E-state index contributed by atoms with van der Waals surface area (Å²) in [7, 11) is 0. The van der Waals surface area contributed by atoms with E-state index in [0.717, 1.165) is 17.6 Å². The van der Waals surface area contributed by atoms with E-state index in [1.165, 1.54) is 36.5 Å². The lowest BCUT2D eigenvalue weighted by Crippen LogP contribution is -2.46. The van der Waals surface area contributed by atoms with Gasteiger partial charge in [-0.3, -0.25) is 4.84 Å². The van der Waals surface area contributed by atoms with Crippen molar-refractivity contribution in [1.29, 1.82) is 0 Å². The van der Waals surface area contributed by atoms with Crippen LogP contribution < -0.4 is 9.57 Å². The lowest BCUT2D eigenvalue weighted by Gasteiger charge is -2.12. The van der Waals surface area contributed by atoms with E-state index in [-0.39, 0.29) is 0 Å². The molecule has 3 aromatic rings. The molecule has 0 amide bonds. The van der Waals surface area contributed by atoms with Gasteiger partial charge in [0, 0.05) is 16.9 Å². The number of benzene rings is 2. The Hall–Kier alpha value is -2.09. The predicted octanol–water partition coefficient (Wildman–Crippen LogP) is 4.93. The molecule has 0 spiro atoms. The molecular formula is C21H26NO+. The summed E-state index contributed by atoms with van der Waals surface area (Å²) in [6.07, 6.45) is 4.95. The zero-order valence-corrected chi connectivity index (χ0v) is 14.2. The Morgan fingerprint density at radius 2 is 1.52 bits per heavy atom. The molecule has 0 N–H and O–H groups in total. The number of aromatic nitrogens is 1. The molecule has 3 rings (SSSR count). The van der Waals surface area contributed by atoms with E-state index >= 15 is 0 Å². The fraction of sp³-hybridized carbons (Fsp3) is 0.381. The van der Waals surface area contributed by atoms with Crippen molar-refractivity contribution in [2.75, 3.05) is 6.61 Å². The van der Waals surface area contributed by atoms with Crippen molar-refractivity contribution in [1.82, 2.24) is 0 Å².